The smallest absolute Gasteiger partial charge is 0.247 e. The summed E-state index contributed by atoms with van der Waals surface area (Å²) in [5.41, 5.74) is 0.590. The van der Waals surface area contributed by atoms with E-state index in [9.17, 15) is 14.0 Å². The predicted molar refractivity (Wildman–Crippen MR) is 76.2 cm³/mol. The lowest BCUT2D eigenvalue weighted by atomic mass is 10.0. The lowest BCUT2D eigenvalue weighted by molar-refractivity contribution is -0.128. The standard InChI is InChI=1S/C14H14FN5O2/c15-9-6-8(13-16-7-17-20-13)4-5-10(9)19-14(22)11-2-1-3-12(21)18-11/h4-7,11H,1-3H2,(H,18,21)(H,19,22)(H,16,17,20). The number of carbonyl (C=O) groups excluding carboxylic acids is 2. The van der Waals surface area contributed by atoms with Crippen molar-refractivity contribution in [1.82, 2.24) is 20.5 Å². The lowest BCUT2D eigenvalue weighted by Gasteiger charge is -2.22. The third-order valence-corrected chi connectivity index (χ3v) is 3.46. The molecule has 0 saturated carbocycles. The lowest BCUT2D eigenvalue weighted by Crippen LogP contribution is -2.46. The molecule has 8 heteroatoms. The summed E-state index contributed by atoms with van der Waals surface area (Å²) in [6.45, 7) is 0. The number of H-pyrrole nitrogens is 1. The number of benzene rings is 1. The number of anilines is 1. The number of hydrogen-bond acceptors (Lipinski definition) is 4. The minimum absolute atomic E-state index is 0.0630. The van der Waals surface area contributed by atoms with Gasteiger partial charge in [-0.25, -0.2) is 9.37 Å². The van der Waals surface area contributed by atoms with Gasteiger partial charge in [0.05, 0.1) is 5.69 Å². The Kier molecular flexibility index (Phi) is 3.82. The quantitative estimate of drug-likeness (QED) is 0.793. The molecule has 3 rings (SSSR count). The number of nitrogens with one attached hydrogen (secondary N) is 3. The SMILES string of the molecule is O=C1CCCC(C(=O)Nc2ccc(-c3ncn[nH]3)cc2F)N1. The number of nitrogens with zero attached hydrogens (tertiary/aromatic N) is 2. The van der Waals surface area contributed by atoms with Gasteiger partial charge in [0.1, 0.15) is 18.2 Å². The molecule has 1 atom stereocenters. The minimum Gasteiger partial charge on any atom is -0.344 e. The van der Waals surface area contributed by atoms with E-state index < -0.39 is 17.8 Å². The van der Waals surface area contributed by atoms with E-state index in [2.05, 4.69) is 25.8 Å². The Morgan fingerprint density at radius 2 is 2.27 bits per heavy atom. The number of carbonyl (C=O) groups is 2. The van der Waals surface area contributed by atoms with Gasteiger partial charge in [-0.05, 0) is 31.0 Å². The van der Waals surface area contributed by atoms with Gasteiger partial charge in [-0.15, -0.1) is 0 Å². The Morgan fingerprint density at radius 1 is 1.41 bits per heavy atom. The Bertz CT molecular complexity index is 701. The van der Waals surface area contributed by atoms with Crippen molar-refractivity contribution in [3.8, 4) is 11.4 Å². The van der Waals surface area contributed by atoms with Crippen LogP contribution in [-0.2, 0) is 9.59 Å². The third kappa shape index (κ3) is 2.95. The molecule has 7 nitrogen and oxygen atoms in total. The molecule has 1 saturated heterocycles. The van der Waals surface area contributed by atoms with Crippen LogP contribution in [0.25, 0.3) is 11.4 Å². The van der Waals surface area contributed by atoms with Crippen LogP contribution in [0.2, 0.25) is 0 Å². The van der Waals surface area contributed by atoms with Gasteiger partial charge in [-0.3, -0.25) is 14.7 Å². The molecule has 2 heterocycles. The van der Waals surface area contributed by atoms with Gasteiger partial charge in [0.25, 0.3) is 0 Å². The van der Waals surface area contributed by atoms with Gasteiger partial charge in [-0.1, -0.05) is 0 Å². The fraction of sp³-hybridized carbons (Fsp3) is 0.286. The summed E-state index contributed by atoms with van der Waals surface area (Å²) in [6, 6.07) is 3.72. The van der Waals surface area contributed by atoms with Gasteiger partial charge in [-0.2, -0.15) is 5.10 Å². The zero-order valence-corrected chi connectivity index (χ0v) is 11.6. The Hall–Kier alpha value is -2.77. The maximum absolute atomic E-state index is 14.1. The predicted octanol–water partition coefficient (Wildman–Crippen LogP) is 1.22. The van der Waals surface area contributed by atoms with E-state index >= 15 is 0 Å². The van der Waals surface area contributed by atoms with Crippen LogP contribution in [0.15, 0.2) is 24.5 Å². The second-order valence-electron chi connectivity index (χ2n) is 5.03. The van der Waals surface area contributed by atoms with E-state index in [0.717, 1.165) is 0 Å². The molecule has 2 amide bonds. The molecular weight excluding hydrogens is 289 g/mol. The maximum Gasteiger partial charge on any atom is 0.247 e. The van der Waals surface area contributed by atoms with Crippen molar-refractivity contribution in [2.24, 2.45) is 0 Å². The first-order valence-electron chi connectivity index (χ1n) is 6.89. The summed E-state index contributed by atoms with van der Waals surface area (Å²) in [5.74, 6) is -0.715. The van der Waals surface area contributed by atoms with Crippen molar-refractivity contribution in [3.63, 3.8) is 0 Å². The molecule has 1 unspecified atom stereocenters. The van der Waals surface area contributed by atoms with Crippen molar-refractivity contribution in [3.05, 3.63) is 30.3 Å². The van der Waals surface area contributed by atoms with Crippen molar-refractivity contribution in [2.45, 2.75) is 25.3 Å². The monoisotopic (exact) mass is 303 g/mol. The minimum atomic E-state index is -0.616. The van der Waals surface area contributed by atoms with Crippen molar-refractivity contribution in [1.29, 1.82) is 0 Å². The van der Waals surface area contributed by atoms with E-state index in [4.69, 9.17) is 0 Å². The second-order valence-corrected chi connectivity index (χ2v) is 5.03. The van der Waals surface area contributed by atoms with Crippen LogP contribution >= 0.6 is 0 Å². The van der Waals surface area contributed by atoms with Gasteiger partial charge in [0, 0.05) is 12.0 Å². The topological polar surface area (TPSA) is 99.8 Å². The normalized spacial score (nSPS) is 17.9. The van der Waals surface area contributed by atoms with Gasteiger partial charge in [0.15, 0.2) is 5.82 Å². The summed E-state index contributed by atoms with van der Waals surface area (Å²) in [5, 5.41) is 11.4. The third-order valence-electron chi connectivity index (χ3n) is 3.46. The average molecular weight is 303 g/mol. The Balaban J connectivity index is 1.72. The molecular formula is C14H14FN5O2. The number of aromatic nitrogens is 3. The Morgan fingerprint density at radius 3 is 2.95 bits per heavy atom. The molecule has 1 aliphatic heterocycles. The van der Waals surface area contributed by atoms with Crippen LogP contribution in [0, 0.1) is 5.82 Å². The van der Waals surface area contributed by atoms with E-state index in [1.54, 1.807) is 6.07 Å². The highest BCUT2D eigenvalue weighted by atomic mass is 19.1. The van der Waals surface area contributed by atoms with Crippen LogP contribution in [0.5, 0.6) is 0 Å². The summed E-state index contributed by atoms with van der Waals surface area (Å²) < 4.78 is 14.1. The van der Waals surface area contributed by atoms with E-state index in [1.807, 2.05) is 0 Å². The van der Waals surface area contributed by atoms with E-state index in [-0.39, 0.29) is 11.6 Å². The highest BCUT2D eigenvalue weighted by molar-refractivity contribution is 5.97. The number of piperidine rings is 1. The first-order chi connectivity index (χ1) is 10.6. The molecule has 3 N–H and O–H groups in total. The highest BCUT2D eigenvalue weighted by Gasteiger charge is 2.25. The zero-order chi connectivity index (χ0) is 15.5. The first kappa shape index (κ1) is 14.2. The van der Waals surface area contributed by atoms with Crippen molar-refractivity contribution < 1.29 is 14.0 Å². The molecule has 0 bridgehead atoms. The van der Waals surface area contributed by atoms with Crippen molar-refractivity contribution in [2.75, 3.05) is 5.32 Å². The largest absolute Gasteiger partial charge is 0.344 e. The molecule has 1 fully saturated rings. The van der Waals surface area contributed by atoms with Crippen LogP contribution in [0.4, 0.5) is 10.1 Å². The summed E-state index contributed by atoms with van der Waals surface area (Å²) >= 11 is 0. The Labute approximate surface area is 125 Å². The van der Waals surface area contributed by atoms with Crippen LogP contribution in [0.1, 0.15) is 19.3 Å². The number of aromatic amines is 1. The van der Waals surface area contributed by atoms with Crippen LogP contribution in [0.3, 0.4) is 0 Å². The molecule has 1 aromatic carbocycles. The molecule has 0 radical (unpaired) electrons. The second kappa shape index (κ2) is 5.92. The van der Waals surface area contributed by atoms with Crippen LogP contribution in [-0.4, -0.2) is 33.0 Å². The fourth-order valence-electron chi connectivity index (χ4n) is 2.33. The summed E-state index contributed by atoms with van der Waals surface area (Å²) in [6.07, 6.45) is 2.95. The summed E-state index contributed by atoms with van der Waals surface area (Å²) in [4.78, 5) is 27.3. The zero-order valence-electron chi connectivity index (χ0n) is 11.6. The molecule has 0 spiro atoms. The number of hydrogen-bond donors (Lipinski definition) is 3. The molecule has 0 aliphatic carbocycles. The van der Waals surface area contributed by atoms with Gasteiger partial charge >= 0.3 is 0 Å². The molecule has 114 valence electrons. The van der Waals surface area contributed by atoms with E-state index in [1.165, 1.54) is 18.5 Å². The maximum atomic E-state index is 14.1. The molecule has 1 aromatic heterocycles. The number of amides is 2. The van der Waals surface area contributed by atoms with Crippen molar-refractivity contribution >= 4 is 17.5 Å². The van der Waals surface area contributed by atoms with Crippen LogP contribution < -0.4 is 10.6 Å². The number of rotatable bonds is 3. The van der Waals surface area contributed by atoms with E-state index in [0.29, 0.717) is 30.7 Å². The molecule has 22 heavy (non-hydrogen) atoms. The van der Waals surface area contributed by atoms with Gasteiger partial charge in [0.2, 0.25) is 11.8 Å². The van der Waals surface area contributed by atoms with Gasteiger partial charge < -0.3 is 10.6 Å². The summed E-state index contributed by atoms with van der Waals surface area (Å²) in [7, 11) is 0. The number of halogens is 1. The first-order valence-corrected chi connectivity index (χ1v) is 6.89. The average Bonchev–Trinajstić information content (AvgIpc) is 3.03. The highest BCUT2D eigenvalue weighted by Crippen LogP contribution is 2.22. The molecule has 2 aromatic rings. The fourth-order valence-corrected chi connectivity index (χ4v) is 2.33. The molecule has 1 aliphatic rings.